The van der Waals surface area contributed by atoms with E-state index in [1.165, 1.54) is 19.2 Å². The Morgan fingerprint density at radius 2 is 1.92 bits per heavy atom. The quantitative estimate of drug-likeness (QED) is 0.720. The number of benzene rings is 1. The zero-order valence-electron chi connectivity index (χ0n) is 14.1. The summed E-state index contributed by atoms with van der Waals surface area (Å²) in [6, 6.07) is 2.82. The van der Waals surface area contributed by atoms with E-state index in [4.69, 9.17) is 19.9 Å². The van der Waals surface area contributed by atoms with Crippen molar-refractivity contribution in [3.05, 3.63) is 46.4 Å². The number of ether oxygens (including phenoxy) is 4. The molecule has 3 N–H and O–H groups in total. The standard InChI is InChI=1S/C17H15NO8/c1-7-4-8(19)12-10(5-7)25-17(26-15(12)21)11(23-2)6-9(20)14(18)13(17)16(22)24-3/h4-6,19H,18H2,1-3H3/t17-/m0/s1. The van der Waals surface area contributed by atoms with Crippen LogP contribution in [0.1, 0.15) is 15.9 Å². The van der Waals surface area contributed by atoms with Crippen LogP contribution in [0.15, 0.2) is 35.2 Å². The number of hydrogen-bond donors (Lipinski definition) is 2. The number of carbonyl (C=O) groups excluding carboxylic acids is 3. The summed E-state index contributed by atoms with van der Waals surface area (Å²) in [5.74, 6) is -5.69. The van der Waals surface area contributed by atoms with Gasteiger partial charge in [-0.15, -0.1) is 0 Å². The Balaban J connectivity index is 2.29. The normalized spacial score (nSPS) is 21.6. The van der Waals surface area contributed by atoms with Gasteiger partial charge in [-0.25, -0.2) is 9.59 Å². The molecule has 2 aliphatic rings. The van der Waals surface area contributed by atoms with Crippen molar-refractivity contribution in [2.24, 2.45) is 5.73 Å². The third-order valence-electron chi connectivity index (χ3n) is 3.98. The highest BCUT2D eigenvalue weighted by Gasteiger charge is 2.58. The molecule has 1 heterocycles. The summed E-state index contributed by atoms with van der Waals surface area (Å²) in [6.45, 7) is 1.67. The molecule has 1 aliphatic heterocycles. The van der Waals surface area contributed by atoms with Crippen LogP contribution < -0.4 is 10.5 Å². The molecule has 3 rings (SSSR count). The Labute approximate surface area is 147 Å². The lowest BCUT2D eigenvalue weighted by atomic mass is 9.92. The number of allylic oxidation sites excluding steroid dienone is 1. The van der Waals surface area contributed by atoms with E-state index in [1.807, 2.05) is 0 Å². The third kappa shape index (κ3) is 2.28. The molecule has 0 saturated heterocycles. The molecule has 0 aromatic heterocycles. The first-order chi connectivity index (χ1) is 12.2. The van der Waals surface area contributed by atoms with Gasteiger partial charge in [-0.05, 0) is 24.6 Å². The van der Waals surface area contributed by atoms with E-state index in [0.717, 1.165) is 13.2 Å². The van der Waals surface area contributed by atoms with Gasteiger partial charge in [0.05, 0.1) is 19.9 Å². The van der Waals surface area contributed by atoms with Crippen LogP contribution in [-0.4, -0.2) is 42.8 Å². The highest BCUT2D eigenvalue weighted by Crippen LogP contribution is 2.45. The van der Waals surface area contributed by atoms with Crippen LogP contribution in [0, 0.1) is 6.92 Å². The second-order valence-electron chi connectivity index (χ2n) is 5.62. The monoisotopic (exact) mass is 361 g/mol. The molecule has 1 aromatic rings. The summed E-state index contributed by atoms with van der Waals surface area (Å²) < 4.78 is 20.9. The average Bonchev–Trinajstić information content (AvgIpc) is 2.57. The minimum absolute atomic E-state index is 0.0646. The van der Waals surface area contributed by atoms with E-state index < -0.39 is 34.8 Å². The van der Waals surface area contributed by atoms with E-state index >= 15 is 0 Å². The third-order valence-corrected chi connectivity index (χ3v) is 3.98. The topological polar surface area (TPSA) is 134 Å². The van der Waals surface area contributed by atoms with Crippen LogP contribution in [-0.2, 0) is 23.8 Å². The van der Waals surface area contributed by atoms with Crippen LogP contribution >= 0.6 is 0 Å². The molecule has 0 bridgehead atoms. The Morgan fingerprint density at radius 1 is 1.23 bits per heavy atom. The largest absolute Gasteiger partial charge is 0.507 e. The van der Waals surface area contributed by atoms with Gasteiger partial charge in [-0.3, -0.25) is 4.79 Å². The summed E-state index contributed by atoms with van der Waals surface area (Å²) in [6.07, 6.45) is 0.954. The zero-order valence-corrected chi connectivity index (χ0v) is 14.1. The highest BCUT2D eigenvalue weighted by atomic mass is 16.7. The van der Waals surface area contributed by atoms with E-state index in [0.29, 0.717) is 5.56 Å². The van der Waals surface area contributed by atoms with Gasteiger partial charge in [0.15, 0.2) is 11.3 Å². The predicted molar refractivity (Wildman–Crippen MR) is 84.9 cm³/mol. The van der Waals surface area contributed by atoms with Gasteiger partial charge < -0.3 is 29.8 Å². The molecule has 1 aromatic carbocycles. The fourth-order valence-electron chi connectivity index (χ4n) is 2.84. The van der Waals surface area contributed by atoms with Gasteiger partial charge in [0.2, 0.25) is 5.78 Å². The summed E-state index contributed by atoms with van der Waals surface area (Å²) in [4.78, 5) is 36.9. The van der Waals surface area contributed by atoms with Crippen LogP contribution in [0.25, 0.3) is 0 Å². The molecule has 1 spiro atoms. The number of esters is 2. The van der Waals surface area contributed by atoms with Crippen molar-refractivity contribution in [3.63, 3.8) is 0 Å². The SMILES string of the molecule is COC(=O)C1=C(N)C(=O)C=C(OC)[C@]12OC(=O)c1c(O)cc(C)cc1O2. The molecular formula is C17H15NO8. The van der Waals surface area contributed by atoms with Crippen LogP contribution in [0.4, 0.5) is 0 Å². The predicted octanol–water partition coefficient (Wildman–Crippen LogP) is 0.445. The molecule has 1 atom stereocenters. The number of phenols is 1. The lowest BCUT2D eigenvalue weighted by Crippen LogP contribution is -2.54. The zero-order chi connectivity index (χ0) is 19.2. The number of fused-ring (bicyclic) bond motifs is 1. The number of rotatable bonds is 2. The van der Waals surface area contributed by atoms with Crippen molar-refractivity contribution in [3.8, 4) is 11.5 Å². The Bertz CT molecular complexity index is 914. The lowest BCUT2D eigenvalue weighted by molar-refractivity contribution is -0.155. The molecule has 0 radical (unpaired) electrons. The summed E-state index contributed by atoms with van der Waals surface area (Å²) in [7, 11) is 2.28. The van der Waals surface area contributed by atoms with Crippen molar-refractivity contribution in [2.45, 2.75) is 12.7 Å². The van der Waals surface area contributed by atoms with E-state index in [9.17, 15) is 19.5 Å². The summed E-state index contributed by atoms with van der Waals surface area (Å²) in [5.41, 5.74) is 5.08. The number of ketones is 1. The Morgan fingerprint density at radius 3 is 2.54 bits per heavy atom. The fraction of sp³-hybridized carbons (Fsp3) is 0.235. The first-order valence-corrected chi connectivity index (χ1v) is 7.40. The molecule has 136 valence electrons. The number of nitrogens with two attached hydrogens (primary N) is 1. The smallest absolute Gasteiger partial charge is 0.350 e. The number of aromatic hydroxyl groups is 1. The molecule has 9 nitrogen and oxygen atoms in total. The molecule has 9 heteroatoms. The van der Waals surface area contributed by atoms with Crippen LogP contribution in [0.2, 0.25) is 0 Å². The first kappa shape index (κ1) is 17.3. The highest BCUT2D eigenvalue weighted by molar-refractivity contribution is 6.12. The van der Waals surface area contributed by atoms with Crippen molar-refractivity contribution in [2.75, 3.05) is 14.2 Å². The average molecular weight is 361 g/mol. The van der Waals surface area contributed by atoms with E-state index in [1.54, 1.807) is 6.92 Å². The number of methoxy groups -OCH3 is 2. The summed E-state index contributed by atoms with van der Waals surface area (Å²) >= 11 is 0. The second kappa shape index (κ2) is 5.80. The van der Waals surface area contributed by atoms with Gasteiger partial charge in [0.1, 0.15) is 17.1 Å². The van der Waals surface area contributed by atoms with E-state index in [-0.39, 0.29) is 22.8 Å². The molecule has 1 aliphatic carbocycles. The first-order valence-electron chi connectivity index (χ1n) is 7.40. The molecule has 0 fully saturated rings. The molecule has 26 heavy (non-hydrogen) atoms. The number of carbonyl (C=O) groups is 3. The minimum Gasteiger partial charge on any atom is -0.507 e. The molecule has 0 unspecified atom stereocenters. The van der Waals surface area contributed by atoms with Gasteiger partial charge >= 0.3 is 17.7 Å². The van der Waals surface area contributed by atoms with Crippen molar-refractivity contribution in [1.29, 1.82) is 0 Å². The molecular weight excluding hydrogens is 346 g/mol. The number of aryl methyl sites for hydroxylation is 1. The Kier molecular flexibility index (Phi) is 3.87. The number of phenolic OH excluding ortho intramolecular Hbond substituents is 1. The maximum atomic E-state index is 12.6. The van der Waals surface area contributed by atoms with Crippen molar-refractivity contribution < 1.29 is 38.4 Å². The Hall–Kier alpha value is -3.49. The van der Waals surface area contributed by atoms with Crippen LogP contribution in [0.5, 0.6) is 11.5 Å². The maximum absolute atomic E-state index is 12.6. The fourth-order valence-corrected chi connectivity index (χ4v) is 2.84. The second-order valence-corrected chi connectivity index (χ2v) is 5.62. The van der Waals surface area contributed by atoms with Crippen molar-refractivity contribution in [1.82, 2.24) is 0 Å². The molecule has 0 saturated carbocycles. The lowest BCUT2D eigenvalue weighted by Gasteiger charge is -2.40. The van der Waals surface area contributed by atoms with Gasteiger partial charge in [0.25, 0.3) is 0 Å². The molecule has 0 amide bonds. The number of hydrogen-bond acceptors (Lipinski definition) is 9. The van der Waals surface area contributed by atoms with Crippen molar-refractivity contribution >= 4 is 17.7 Å². The minimum atomic E-state index is -2.25. The maximum Gasteiger partial charge on any atom is 0.350 e. The van der Waals surface area contributed by atoms with Gasteiger partial charge in [-0.2, -0.15) is 0 Å². The van der Waals surface area contributed by atoms with Gasteiger partial charge in [0, 0.05) is 6.08 Å². The van der Waals surface area contributed by atoms with E-state index in [2.05, 4.69) is 4.74 Å². The van der Waals surface area contributed by atoms with Crippen LogP contribution in [0.3, 0.4) is 0 Å². The summed E-state index contributed by atoms with van der Waals surface area (Å²) in [5, 5.41) is 10.0. The van der Waals surface area contributed by atoms with Gasteiger partial charge in [-0.1, -0.05) is 0 Å².